The number of likely N-dealkylation sites (tertiary alicyclic amines) is 1. The quantitative estimate of drug-likeness (QED) is 0.534. The van der Waals surface area contributed by atoms with Crippen LogP contribution in [0.3, 0.4) is 0 Å². The molecule has 3 heterocycles. The van der Waals surface area contributed by atoms with Crippen LogP contribution in [0.5, 0.6) is 0 Å². The van der Waals surface area contributed by atoms with Crippen LogP contribution >= 0.6 is 0 Å². The van der Waals surface area contributed by atoms with Crippen molar-refractivity contribution in [2.24, 2.45) is 0 Å². The van der Waals surface area contributed by atoms with E-state index >= 15 is 0 Å². The molecule has 1 aromatic carbocycles. The smallest absolute Gasteiger partial charge is 0.410 e. The Hall–Kier alpha value is -4.27. The summed E-state index contributed by atoms with van der Waals surface area (Å²) in [6.45, 7) is 6.09. The molecule has 2 fully saturated rings. The number of ether oxygens (including phenoxy) is 1. The van der Waals surface area contributed by atoms with Gasteiger partial charge in [0.15, 0.2) is 0 Å². The van der Waals surface area contributed by atoms with Gasteiger partial charge in [0.25, 0.3) is 0 Å². The summed E-state index contributed by atoms with van der Waals surface area (Å²) in [5.74, 6) is -0.109. The zero-order chi connectivity index (χ0) is 26.2. The lowest BCUT2D eigenvalue weighted by molar-refractivity contribution is 0.0207. The van der Waals surface area contributed by atoms with Gasteiger partial charge in [-0.2, -0.15) is 5.26 Å². The van der Waals surface area contributed by atoms with Crippen LogP contribution in [0.15, 0.2) is 35.0 Å². The molecule has 3 aromatic rings. The van der Waals surface area contributed by atoms with Crippen molar-refractivity contribution in [2.75, 3.05) is 6.54 Å². The molecule has 1 aliphatic heterocycles. The van der Waals surface area contributed by atoms with Gasteiger partial charge >= 0.3 is 17.9 Å². The second-order valence-electron chi connectivity index (χ2n) is 10.4. The normalized spacial score (nSPS) is 19.5. The average molecular weight is 505 g/mol. The van der Waals surface area contributed by atoms with E-state index < -0.39 is 17.6 Å². The molecule has 0 bridgehead atoms. The lowest BCUT2D eigenvalue weighted by Gasteiger charge is -2.28. The summed E-state index contributed by atoms with van der Waals surface area (Å²) < 4.78 is 13.0. The van der Waals surface area contributed by atoms with Crippen molar-refractivity contribution in [2.45, 2.75) is 70.2 Å². The number of nitriles is 1. The van der Waals surface area contributed by atoms with Crippen molar-refractivity contribution in [3.05, 3.63) is 47.6 Å². The number of hydrogen-bond acceptors (Lipinski definition) is 9. The van der Waals surface area contributed by atoms with Gasteiger partial charge in [-0.15, -0.1) is 15.3 Å². The first kappa shape index (κ1) is 24.4. The second-order valence-corrected chi connectivity index (χ2v) is 10.4. The van der Waals surface area contributed by atoms with Gasteiger partial charge in [0.05, 0.1) is 30.4 Å². The third-order valence-corrected chi connectivity index (χ3v) is 6.30. The van der Waals surface area contributed by atoms with Gasteiger partial charge in [0.1, 0.15) is 5.60 Å². The van der Waals surface area contributed by atoms with E-state index in [1.165, 1.54) is 0 Å². The summed E-state index contributed by atoms with van der Waals surface area (Å²) in [5.41, 5.74) is 1.54. The fourth-order valence-electron chi connectivity index (χ4n) is 4.52. The molecule has 2 amide bonds. The molecule has 1 N–H and O–H groups in total. The van der Waals surface area contributed by atoms with Crippen molar-refractivity contribution in [1.29, 1.82) is 5.26 Å². The van der Waals surface area contributed by atoms with E-state index in [0.29, 0.717) is 30.0 Å². The highest BCUT2D eigenvalue weighted by molar-refractivity contribution is 5.90. The van der Waals surface area contributed by atoms with Crippen LogP contribution in [0, 0.1) is 11.3 Å². The Morgan fingerprint density at radius 3 is 2.76 bits per heavy atom. The van der Waals surface area contributed by atoms with Crippen molar-refractivity contribution >= 4 is 12.0 Å². The molecule has 2 aliphatic rings. The molecular formula is C25H28N8O4. The van der Waals surface area contributed by atoms with Gasteiger partial charge in [-0.25, -0.2) is 4.79 Å². The lowest BCUT2D eigenvalue weighted by Crippen LogP contribution is -2.43. The Labute approximate surface area is 213 Å². The largest absolute Gasteiger partial charge is 0.444 e. The molecular weight excluding hydrogens is 476 g/mol. The summed E-state index contributed by atoms with van der Waals surface area (Å²) in [6.07, 6.45) is 5.44. The maximum Gasteiger partial charge on any atom is 0.410 e. The van der Waals surface area contributed by atoms with Gasteiger partial charge in [0, 0.05) is 24.3 Å². The highest BCUT2D eigenvalue weighted by Gasteiger charge is 2.39. The highest BCUT2D eigenvalue weighted by atomic mass is 16.6. The van der Waals surface area contributed by atoms with E-state index in [4.69, 9.17) is 9.15 Å². The van der Waals surface area contributed by atoms with Crippen LogP contribution in [0.1, 0.15) is 67.8 Å². The van der Waals surface area contributed by atoms with E-state index in [2.05, 4.69) is 31.9 Å². The number of aromatic nitrogens is 5. The highest BCUT2D eigenvalue weighted by Crippen LogP contribution is 2.44. The van der Waals surface area contributed by atoms with Crippen LogP contribution in [-0.2, 0) is 11.3 Å². The fraction of sp³-hybridized carbons (Fsp3) is 0.480. The molecule has 0 radical (unpaired) electrons. The topological polar surface area (TPSA) is 152 Å². The molecule has 12 nitrogen and oxygen atoms in total. The molecule has 1 aliphatic carbocycles. The number of nitrogens with one attached hydrogen (secondary N) is 1. The second kappa shape index (κ2) is 9.65. The molecule has 0 spiro atoms. The number of nitrogens with zero attached hydrogens (tertiary/aromatic N) is 7. The molecule has 5 rings (SSSR count). The Kier molecular flexibility index (Phi) is 6.37. The van der Waals surface area contributed by atoms with E-state index in [0.717, 1.165) is 18.4 Å². The number of amides is 2. The Bertz CT molecular complexity index is 1330. The van der Waals surface area contributed by atoms with Crippen LogP contribution in [0.4, 0.5) is 4.79 Å². The van der Waals surface area contributed by atoms with Gasteiger partial charge in [-0.05, 0) is 63.6 Å². The molecule has 2 atom stereocenters. The van der Waals surface area contributed by atoms with Gasteiger partial charge in [-0.3, -0.25) is 9.48 Å². The molecule has 12 heteroatoms. The number of carbonyl (C=O) groups is 2. The van der Waals surface area contributed by atoms with E-state index in [1.54, 1.807) is 54.9 Å². The maximum absolute atomic E-state index is 13.0. The molecule has 1 saturated carbocycles. The summed E-state index contributed by atoms with van der Waals surface area (Å²) in [7, 11) is 0. The number of hydrogen-bond donors (Lipinski definition) is 1. The first-order valence-corrected chi connectivity index (χ1v) is 12.2. The standard InChI is InChI=1S/C25H28N8O4/c1-25(2,3)37-24(35)33-13-17(11-18(33)14-32-9-8-27-31-32)28-21(34)23-30-29-22(36-23)20-10-15(12-26)4-7-19(20)16-5-6-16/h4,7-10,16-18H,5-6,11,13-14H2,1-3H3,(H,28,34). The number of rotatable bonds is 6. The average Bonchev–Trinajstić information content (AvgIpc) is 3.22. The minimum Gasteiger partial charge on any atom is -0.444 e. The van der Waals surface area contributed by atoms with Crippen LogP contribution in [0.25, 0.3) is 11.5 Å². The molecule has 37 heavy (non-hydrogen) atoms. The lowest BCUT2D eigenvalue weighted by atomic mass is 10.0. The fourth-order valence-corrected chi connectivity index (χ4v) is 4.52. The molecule has 1 saturated heterocycles. The first-order chi connectivity index (χ1) is 17.7. The van der Waals surface area contributed by atoms with Crippen molar-refractivity contribution < 1.29 is 18.7 Å². The number of benzene rings is 1. The van der Waals surface area contributed by atoms with Crippen molar-refractivity contribution in [1.82, 2.24) is 35.4 Å². The summed E-state index contributed by atoms with van der Waals surface area (Å²) in [5, 5.41) is 28.1. The Morgan fingerprint density at radius 2 is 2.08 bits per heavy atom. The SMILES string of the molecule is CC(C)(C)OC(=O)N1CC(NC(=O)c2nnc(-c3cc(C#N)ccc3C3CC3)o2)CC1Cn1ccnn1. The minimum atomic E-state index is -0.654. The third kappa shape index (κ3) is 5.61. The maximum atomic E-state index is 13.0. The summed E-state index contributed by atoms with van der Waals surface area (Å²) >= 11 is 0. The van der Waals surface area contributed by atoms with E-state index in [9.17, 15) is 14.9 Å². The predicted octanol–water partition coefficient (Wildman–Crippen LogP) is 2.89. The predicted molar refractivity (Wildman–Crippen MR) is 129 cm³/mol. The summed E-state index contributed by atoms with van der Waals surface area (Å²) in [4.78, 5) is 27.5. The Balaban J connectivity index is 1.30. The monoisotopic (exact) mass is 504 g/mol. The molecule has 2 aromatic heterocycles. The van der Waals surface area contributed by atoms with Crippen LogP contribution < -0.4 is 5.32 Å². The minimum absolute atomic E-state index is 0.178. The molecule has 192 valence electrons. The Morgan fingerprint density at radius 1 is 1.27 bits per heavy atom. The summed E-state index contributed by atoms with van der Waals surface area (Å²) in [6, 6.07) is 6.92. The number of carbonyl (C=O) groups excluding carboxylic acids is 2. The van der Waals surface area contributed by atoms with Crippen LogP contribution in [-0.4, -0.2) is 66.3 Å². The van der Waals surface area contributed by atoms with Crippen LogP contribution in [0.2, 0.25) is 0 Å². The van der Waals surface area contributed by atoms with Crippen molar-refractivity contribution in [3.63, 3.8) is 0 Å². The zero-order valence-corrected chi connectivity index (χ0v) is 20.9. The van der Waals surface area contributed by atoms with E-state index in [-0.39, 0.29) is 30.4 Å². The van der Waals surface area contributed by atoms with E-state index in [1.807, 2.05) is 6.07 Å². The molecule has 2 unspecified atom stereocenters. The first-order valence-electron chi connectivity index (χ1n) is 12.2. The van der Waals surface area contributed by atoms with Gasteiger partial charge < -0.3 is 19.4 Å². The third-order valence-electron chi connectivity index (χ3n) is 6.30. The van der Waals surface area contributed by atoms with Gasteiger partial charge in [0.2, 0.25) is 5.89 Å². The van der Waals surface area contributed by atoms with Crippen molar-refractivity contribution in [3.8, 4) is 17.5 Å². The zero-order valence-electron chi connectivity index (χ0n) is 20.9. The van der Waals surface area contributed by atoms with Gasteiger partial charge in [-0.1, -0.05) is 11.3 Å².